The highest BCUT2D eigenvalue weighted by Crippen LogP contribution is 2.44. The maximum absolute atomic E-state index is 14.2. The van der Waals surface area contributed by atoms with Crippen molar-refractivity contribution >= 4 is 12.0 Å². The number of piperazine rings is 1. The third kappa shape index (κ3) is 6.21. The van der Waals surface area contributed by atoms with Crippen molar-refractivity contribution in [2.45, 2.75) is 63.5 Å². The van der Waals surface area contributed by atoms with Gasteiger partial charge in [0.25, 0.3) is 0 Å². The molecule has 2 aromatic rings. The van der Waals surface area contributed by atoms with Gasteiger partial charge < -0.3 is 15.4 Å². The number of fused-ring (bicyclic) bond motifs is 1. The minimum Gasteiger partial charge on any atom is -0.444 e. The highest BCUT2D eigenvalue weighted by molar-refractivity contribution is 5.95. The minimum atomic E-state index is -5.16. The van der Waals surface area contributed by atoms with Gasteiger partial charge in [-0.3, -0.25) is 9.69 Å². The Balaban J connectivity index is 1.76. The Morgan fingerprint density at radius 3 is 1.90 bits per heavy atom. The van der Waals surface area contributed by atoms with E-state index in [1.807, 2.05) is 29.2 Å². The standard InChI is InChI=1S/C28H31F6N3O3/c1-25(2,3)40-24(39)36-8-10-37(11-9-36)26(14-17-6-4-5-7-18(17)15-26)16-21-20(23(35)38)12-19(27(29,30)31)13-22(21)28(32,33)34/h4-7,12-13H,8-11,14-16H2,1-3H3,(H2,35,38). The zero-order valence-electron chi connectivity index (χ0n) is 22.4. The summed E-state index contributed by atoms with van der Waals surface area (Å²) >= 11 is 0. The highest BCUT2D eigenvalue weighted by atomic mass is 19.4. The number of primary amides is 1. The first-order valence-corrected chi connectivity index (χ1v) is 12.8. The first kappa shape index (κ1) is 29.7. The quantitative estimate of drug-likeness (QED) is 0.495. The summed E-state index contributed by atoms with van der Waals surface area (Å²) in [5, 5.41) is 0. The smallest absolute Gasteiger partial charge is 0.416 e. The Morgan fingerprint density at radius 1 is 0.900 bits per heavy atom. The highest BCUT2D eigenvalue weighted by Gasteiger charge is 2.47. The first-order valence-electron chi connectivity index (χ1n) is 12.8. The van der Waals surface area contributed by atoms with Crippen molar-refractivity contribution in [1.82, 2.24) is 9.80 Å². The second-order valence-electron chi connectivity index (χ2n) is 11.4. The third-order valence-electron chi connectivity index (χ3n) is 7.41. The molecule has 0 spiro atoms. The maximum Gasteiger partial charge on any atom is 0.416 e. The van der Waals surface area contributed by atoms with E-state index in [4.69, 9.17) is 10.5 Å². The lowest BCUT2D eigenvalue weighted by atomic mass is 9.81. The van der Waals surface area contributed by atoms with Crippen LogP contribution in [0.1, 0.15) is 58.9 Å². The predicted octanol–water partition coefficient (Wildman–Crippen LogP) is 5.46. The van der Waals surface area contributed by atoms with E-state index < -0.39 is 57.7 Å². The molecule has 218 valence electrons. The Labute approximate surface area is 228 Å². The van der Waals surface area contributed by atoms with Crippen LogP contribution in [0, 0.1) is 0 Å². The zero-order chi connectivity index (χ0) is 29.7. The molecule has 2 aliphatic rings. The molecule has 0 saturated carbocycles. The Bertz CT molecular complexity index is 1270. The summed E-state index contributed by atoms with van der Waals surface area (Å²) in [4.78, 5) is 28.4. The topological polar surface area (TPSA) is 75.9 Å². The van der Waals surface area contributed by atoms with E-state index in [0.29, 0.717) is 32.0 Å². The van der Waals surface area contributed by atoms with Crippen LogP contribution in [0.5, 0.6) is 0 Å². The minimum absolute atomic E-state index is 0.0536. The van der Waals surface area contributed by atoms with Crippen molar-refractivity contribution in [2.75, 3.05) is 26.2 Å². The van der Waals surface area contributed by atoms with Crippen molar-refractivity contribution in [2.24, 2.45) is 5.73 Å². The first-order chi connectivity index (χ1) is 18.4. The lowest BCUT2D eigenvalue weighted by Gasteiger charge is -2.46. The van der Waals surface area contributed by atoms with E-state index in [1.54, 1.807) is 20.8 Å². The van der Waals surface area contributed by atoms with E-state index >= 15 is 0 Å². The molecule has 0 unspecified atom stereocenters. The fraction of sp³-hybridized carbons (Fsp3) is 0.500. The number of nitrogens with zero attached hydrogens (tertiary/aromatic N) is 2. The number of carbonyl (C=O) groups excluding carboxylic acids is 2. The van der Waals surface area contributed by atoms with Crippen LogP contribution in [-0.2, 0) is 36.4 Å². The molecule has 1 aliphatic heterocycles. The van der Waals surface area contributed by atoms with Crippen LogP contribution in [0.4, 0.5) is 31.1 Å². The molecular formula is C28H31F6N3O3. The molecule has 1 fully saturated rings. The molecule has 40 heavy (non-hydrogen) atoms. The number of halogens is 6. The average molecular weight is 572 g/mol. The number of ether oxygens (including phenoxy) is 1. The van der Waals surface area contributed by atoms with Crippen molar-refractivity contribution in [3.63, 3.8) is 0 Å². The molecule has 1 heterocycles. The fourth-order valence-corrected chi connectivity index (χ4v) is 5.65. The van der Waals surface area contributed by atoms with E-state index in [1.165, 1.54) is 4.90 Å². The summed E-state index contributed by atoms with van der Waals surface area (Å²) in [6.07, 6.45) is -10.5. The Kier molecular flexibility index (Phi) is 7.63. The van der Waals surface area contributed by atoms with E-state index in [0.717, 1.165) is 11.1 Å². The van der Waals surface area contributed by atoms with Gasteiger partial charge in [-0.15, -0.1) is 0 Å². The Morgan fingerprint density at radius 2 is 1.45 bits per heavy atom. The number of nitrogens with two attached hydrogens (primary N) is 1. The van der Waals surface area contributed by atoms with E-state index in [-0.39, 0.29) is 25.6 Å². The van der Waals surface area contributed by atoms with Gasteiger partial charge in [-0.1, -0.05) is 24.3 Å². The van der Waals surface area contributed by atoms with Crippen molar-refractivity contribution in [3.05, 3.63) is 69.8 Å². The van der Waals surface area contributed by atoms with Gasteiger partial charge in [0.05, 0.1) is 11.1 Å². The van der Waals surface area contributed by atoms with Crippen LogP contribution in [-0.4, -0.2) is 59.1 Å². The molecule has 2 amide bonds. The zero-order valence-corrected chi connectivity index (χ0v) is 22.4. The SMILES string of the molecule is CC(C)(C)OC(=O)N1CCN(C2(Cc3c(C(N)=O)cc(C(F)(F)F)cc3C(F)(F)F)Cc3ccccc3C2)CC1. The van der Waals surface area contributed by atoms with Crippen LogP contribution >= 0.6 is 0 Å². The second-order valence-corrected chi connectivity index (χ2v) is 11.4. The maximum atomic E-state index is 14.2. The summed E-state index contributed by atoms with van der Waals surface area (Å²) in [5.74, 6) is -1.37. The van der Waals surface area contributed by atoms with Crippen LogP contribution in [0.25, 0.3) is 0 Å². The molecule has 12 heteroatoms. The summed E-state index contributed by atoms with van der Waals surface area (Å²) in [7, 11) is 0. The number of alkyl halides is 6. The van der Waals surface area contributed by atoms with Gasteiger partial charge in [-0.05, 0) is 68.9 Å². The van der Waals surface area contributed by atoms with Gasteiger partial charge in [-0.25, -0.2) is 4.79 Å². The largest absolute Gasteiger partial charge is 0.444 e. The molecule has 0 atom stereocenters. The summed E-state index contributed by atoms with van der Waals surface area (Å²) in [5.41, 5.74) is 1.00. The van der Waals surface area contributed by atoms with Crippen molar-refractivity contribution in [3.8, 4) is 0 Å². The van der Waals surface area contributed by atoms with Gasteiger partial charge in [0, 0.05) is 37.3 Å². The lowest BCUT2D eigenvalue weighted by Crippen LogP contribution is -2.60. The van der Waals surface area contributed by atoms with Crippen LogP contribution in [0.3, 0.4) is 0 Å². The van der Waals surface area contributed by atoms with E-state index in [9.17, 15) is 35.9 Å². The average Bonchev–Trinajstić information content (AvgIpc) is 3.21. The normalized spacial score (nSPS) is 18.0. The molecule has 0 aromatic heterocycles. The molecular weight excluding hydrogens is 540 g/mol. The number of hydrogen-bond donors (Lipinski definition) is 1. The summed E-state index contributed by atoms with van der Waals surface area (Å²) < 4.78 is 88.7. The predicted molar refractivity (Wildman–Crippen MR) is 135 cm³/mol. The van der Waals surface area contributed by atoms with Gasteiger partial charge in [0.1, 0.15) is 5.60 Å². The fourth-order valence-electron chi connectivity index (χ4n) is 5.65. The van der Waals surface area contributed by atoms with Crippen LogP contribution in [0.15, 0.2) is 36.4 Å². The molecule has 0 radical (unpaired) electrons. The molecule has 1 aliphatic carbocycles. The molecule has 2 aromatic carbocycles. The molecule has 1 saturated heterocycles. The van der Waals surface area contributed by atoms with Crippen LogP contribution in [0.2, 0.25) is 0 Å². The molecule has 6 nitrogen and oxygen atoms in total. The number of rotatable bonds is 4. The third-order valence-corrected chi connectivity index (χ3v) is 7.41. The van der Waals surface area contributed by atoms with Gasteiger partial charge in [-0.2, -0.15) is 26.3 Å². The number of hydrogen-bond acceptors (Lipinski definition) is 4. The van der Waals surface area contributed by atoms with Gasteiger partial charge >= 0.3 is 18.4 Å². The number of carbonyl (C=O) groups is 2. The Hall–Kier alpha value is -3.28. The molecule has 0 bridgehead atoms. The number of amides is 2. The van der Waals surface area contributed by atoms with Crippen molar-refractivity contribution in [1.29, 1.82) is 0 Å². The lowest BCUT2D eigenvalue weighted by molar-refractivity contribution is -0.143. The molecule has 2 N–H and O–H groups in total. The van der Waals surface area contributed by atoms with Crippen LogP contribution < -0.4 is 5.73 Å². The van der Waals surface area contributed by atoms with Gasteiger partial charge in [0.2, 0.25) is 5.91 Å². The van der Waals surface area contributed by atoms with E-state index in [2.05, 4.69) is 0 Å². The van der Waals surface area contributed by atoms with Crippen molar-refractivity contribution < 1.29 is 40.7 Å². The van der Waals surface area contributed by atoms with Gasteiger partial charge in [0.15, 0.2) is 0 Å². The molecule has 4 rings (SSSR count). The summed E-state index contributed by atoms with van der Waals surface area (Å²) in [6.45, 7) is 6.30. The monoisotopic (exact) mass is 571 g/mol. The number of benzene rings is 2. The second kappa shape index (κ2) is 10.3. The summed E-state index contributed by atoms with van der Waals surface area (Å²) in [6, 6.07) is 7.80.